The largest absolute Gasteiger partial charge is 0.378 e. The second kappa shape index (κ2) is 5.34. The molecule has 100 valence electrons. The molecule has 5 nitrogen and oxygen atoms in total. The summed E-state index contributed by atoms with van der Waals surface area (Å²) in [5, 5.41) is 0.873. The Bertz CT molecular complexity index is 431. The number of hydrogen-bond acceptors (Lipinski definition) is 6. The van der Waals surface area contributed by atoms with Gasteiger partial charge in [-0.15, -0.1) is 0 Å². The average molecular weight is 270 g/mol. The summed E-state index contributed by atoms with van der Waals surface area (Å²) in [6, 6.07) is 0. The van der Waals surface area contributed by atoms with Crippen molar-refractivity contribution < 1.29 is 14.3 Å². The summed E-state index contributed by atoms with van der Waals surface area (Å²) < 4.78 is 10.6. The lowest BCUT2D eigenvalue weighted by molar-refractivity contribution is 0.0643. The lowest BCUT2D eigenvalue weighted by Crippen LogP contribution is -2.53. The highest BCUT2D eigenvalue weighted by atomic mass is 32.1. The number of aldehydes is 1. The minimum atomic E-state index is -0.0966. The first-order valence-corrected chi connectivity index (χ1v) is 6.69. The number of carbonyl (C=O) groups excluding carboxylic acids is 1. The van der Waals surface area contributed by atoms with Gasteiger partial charge in [0, 0.05) is 13.7 Å². The fourth-order valence-electron chi connectivity index (χ4n) is 2.01. The van der Waals surface area contributed by atoms with Gasteiger partial charge < -0.3 is 14.4 Å². The molecule has 0 saturated carbocycles. The minimum Gasteiger partial charge on any atom is -0.378 e. The summed E-state index contributed by atoms with van der Waals surface area (Å²) in [7, 11) is 1.60. The van der Waals surface area contributed by atoms with E-state index in [0.29, 0.717) is 24.7 Å². The number of aromatic nitrogens is 1. The van der Waals surface area contributed by atoms with Gasteiger partial charge in [-0.2, -0.15) is 0 Å². The highest BCUT2D eigenvalue weighted by Crippen LogP contribution is 2.32. The van der Waals surface area contributed by atoms with Crippen LogP contribution in [0.3, 0.4) is 0 Å². The summed E-state index contributed by atoms with van der Waals surface area (Å²) in [6.07, 6.45) is 0.850. The number of nitrogens with zero attached hydrogens (tertiary/aromatic N) is 2. The van der Waals surface area contributed by atoms with Crippen molar-refractivity contribution in [2.45, 2.75) is 26.0 Å². The van der Waals surface area contributed by atoms with Gasteiger partial charge in [-0.25, -0.2) is 4.98 Å². The van der Waals surface area contributed by atoms with Gasteiger partial charge in [-0.1, -0.05) is 11.3 Å². The molecule has 1 aliphatic rings. The number of anilines is 1. The Balaban J connectivity index is 2.29. The second-order valence-corrected chi connectivity index (χ2v) is 5.88. The van der Waals surface area contributed by atoms with E-state index in [2.05, 4.69) is 23.7 Å². The molecule has 1 fully saturated rings. The SMILES string of the molecule is COCc1nc(N2CCOCC2(C)C)sc1C=O. The highest BCUT2D eigenvalue weighted by molar-refractivity contribution is 7.17. The van der Waals surface area contributed by atoms with Crippen LogP contribution in [0.1, 0.15) is 29.2 Å². The van der Waals surface area contributed by atoms with Crippen molar-refractivity contribution in [3.05, 3.63) is 10.6 Å². The summed E-state index contributed by atoms with van der Waals surface area (Å²) >= 11 is 1.42. The van der Waals surface area contributed by atoms with Crippen LogP contribution in [0.5, 0.6) is 0 Å². The van der Waals surface area contributed by atoms with Crippen LogP contribution in [0.4, 0.5) is 5.13 Å². The number of carbonyl (C=O) groups is 1. The van der Waals surface area contributed by atoms with Crippen molar-refractivity contribution in [3.63, 3.8) is 0 Å². The van der Waals surface area contributed by atoms with Gasteiger partial charge in [0.15, 0.2) is 11.4 Å². The molecule has 0 N–H and O–H groups in total. The van der Waals surface area contributed by atoms with E-state index in [9.17, 15) is 4.79 Å². The van der Waals surface area contributed by atoms with Gasteiger partial charge in [-0.3, -0.25) is 4.79 Å². The Hall–Kier alpha value is -0.980. The molecule has 1 aromatic heterocycles. The van der Waals surface area contributed by atoms with Crippen molar-refractivity contribution in [1.82, 2.24) is 4.98 Å². The van der Waals surface area contributed by atoms with E-state index in [0.717, 1.165) is 23.7 Å². The van der Waals surface area contributed by atoms with Crippen LogP contribution < -0.4 is 4.90 Å². The lowest BCUT2D eigenvalue weighted by atomic mass is 10.0. The van der Waals surface area contributed by atoms with E-state index in [1.807, 2.05) is 0 Å². The first kappa shape index (κ1) is 13.5. The third-order valence-electron chi connectivity index (χ3n) is 2.98. The number of rotatable bonds is 4. The van der Waals surface area contributed by atoms with Gasteiger partial charge in [0.25, 0.3) is 0 Å². The van der Waals surface area contributed by atoms with Crippen LogP contribution in [0.2, 0.25) is 0 Å². The maximum atomic E-state index is 11.0. The molecule has 1 aromatic rings. The normalized spacial score (nSPS) is 18.9. The monoisotopic (exact) mass is 270 g/mol. The number of methoxy groups -OCH3 is 1. The van der Waals surface area contributed by atoms with Gasteiger partial charge in [-0.05, 0) is 13.8 Å². The molecule has 1 aliphatic heterocycles. The van der Waals surface area contributed by atoms with Crippen LogP contribution >= 0.6 is 11.3 Å². The van der Waals surface area contributed by atoms with Crippen LogP contribution in [0.15, 0.2) is 0 Å². The molecule has 0 bridgehead atoms. The van der Waals surface area contributed by atoms with Gasteiger partial charge >= 0.3 is 0 Å². The van der Waals surface area contributed by atoms with Crippen LogP contribution in [0.25, 0.3) is 0 Å². The molecule has 0 aliphatic carbocycles. The Morgan fingerprint density at radius 3 is 3.00 bits per heavy atom. The van der Waals surface area contributed by atoms with E-state index in [1.54, 1.807) is 7.11 Å². The molecular weight excluding hydrogens is 252 g/mol. The Morgan fingerprint density at radius 2 is 2.39 bits per heavy atom. The molecule has 2 rings (SSSR count). The Labute approximate surface area is 111 Å². The van der Waals surface area contributed by atoms with Crippen LogP contribution in [-0.2, 0) is 16.1 Å². The molecule has 6 heteroatoms. The third kappa shape index (κ3) is 2.55. The zero-order valence-electron chi connectivity index (χ0n) is 10.9. The Morgan fingerprint density at radius 1 is 1.61 bits per heavy atom. The molecule has 1 saturated heterocycles. The molecule has 0 spiro atoms. The van der Waals surface area contributed by atoms with Crippen molar-refractivity contribution in [3.8, 4) is 0 Å². The number of morpholine rings is 1. The Kier molecular flexibility index (Phi) is 3.99. The van der Waals surface area contributed by atoms with E-state index in [4.69, 9.17) is 9.47 Å². The third-order valence-corrected chi connectivity index (χ3v) is 4.03. The fraction of sp³-hybridized carbons (Fsp3) is 0.667. The lowest BCUT2D eigenvalue weighted by Gasteiger charge is -2.41. The molecule has 0 radical (unpaired) electrons. The zero-order valence-corrected chi connectivity index (χ0v) is 11.7. The van der Waals surface area contributed by atoms with Gasteiger partial charge in [0.2, 0.25) is 0 Å². The van der Waals surface area contributed by atoms with Gasteiger partial charge in [0.1, 0.15) is 0 Å². The molecule has 18 heavy (non-hydrogen) atoms. The first-order chi connectivity index (χ1) is 8.58. The van der Waals surface area contributed by atoms with E-state index in [1.165, 1.54) is 11.3 Å². The minimum absolute atomic E-state index is 0.0966. The van der Waals surface area contributed by atoms with Crippen molar-refractivity contribution in [2.75, 3.05) is 31.8 Å². The number of hydrogen-bond donors (Lipinski definition) is 0. The summed E-state index contributed by atoms with van der Waals surface area (Å²) in [5.74, 6) is 0. The van der Waals surface area contributed by atoms with E-state index in [-0.39, 0.29) is 5.54 Å². The topological polar surface area (TPSA) is 51.7 Å². The van der Waals surface area contributed by atoms with Crippen LogP contribution in [-0.4, -0.2) is 43.7 Å². The molecule has 2 heterocycles. The number of ether oxygens (including phenoxy) is 2. The van der Waals surface area contributed by atoms with Crippen molar-refractivity contribution in [1.29, 1.82) is 0 Å². The van der Waals surface area contributed by atoms with Crippen molar-refractivity contribution >= 4 is 22.8 Å². The first-order valence-electron chi connectivity index (χ1n) is 5.87. The maximum Gasteiger partial charge on any atom is 0.186 e. The smallest absolute Gasteiger partial charge is 0.186 e. The molecule has 0 atom stereocenters. The quantitative estimate of drug-likeness (QED) is 0.780. The van der Waals surface area contributed by atoms with E-state index >= 15 is 0 Å². The standard InChI is InChI=1S/C12H18N2O3S/c1-12(2)8-17-5-4-14(12)11-13-9(7-16-3)10(6-15)18-11/h6H,4-5,7-8H2,1-3H3. The summed E-state index contributed by atoms with van der Waals surface area (Å²) in [4.78, 5) is 18.4. The summed E-state index contributed by atoms with van der Waals surface area (Å²) in [5.41, 5.74) is 0.621. The maximum absolute atomic E-state index is 11.0. The van der Waals surface area contributed by atoms with Crippen molar-refractivity contribution in [2.24, 2.45) is 0 Å². The average Bonchev–Trinajstić information content (AvgIpc) is 2.72. The molecule has 0 aromatic carbocycles. The fourth-order valence-corrected chi connectivity index (χ4v) is 3.08. The molecule has 0 unspecified atom stereocenters. The predicted octanol–water partition coefficient (Wildman–Crippen LogP) is 1.72. The molecular formula is C12H18N2O3S. The number of thiazole rings is 1. The summed E-state index contributed by atoms with van der Waals surface area (Å²) in [6.45, 7) is 6.76. The van der Waals surface area contributed by atoms with E-state index < -0.39 is 0 Å². The van der Waals surface area contributed by atoms with Crippen LogP contribution in [0, 0.1) is 0 Å². The highest BCUT2D eigenvalue weighted by Gasteiger charge is 2.33. The predicted molar refractivity (Wildman–Crippen MR) is 70.5 cm³/mol. The second-order valence-electron chi connectivity index (χ2n) is 4.87. The molecule has 0 amide bonds. The van der Waals surface area contributed by atoms with Gasteiger partial charge in [0.05, 0.1) is 35.9 Å². The zero-order chi connectivity index (χ0) is 13.2.